The zero-order valence-corrected chi connectivity index (χ0v) is 10.2. The molecule has 0 spiro atoms. The van der Waals surface area contributed by atoms with Gasteiger partial charge in [-0.3, -0.25) is 0 Å². The molecular weight excluding hydrogens is 202 g/mol. The minimum absolute atomic E-state index is 0.0566. The van der Waals surface area contributed by atoms with Gasteiger partial charge in [-0.2, -0.15) is 0 Å². The zero-order chi connectivity index (χ0) is 12.2. The van der Waals surface area contributed by atoms with Gasteiger partial charge in [-0.15, -0.1) is 0 Å². The van der Waals surface area contributed by atoms with E-state index in [1.165, 1.54) is 5.56 Å². The number of aliphatic hydroxyl groups is 1. The van der Waals surface area contributed by atoms with Gasteiger partial charge in [0.25, 0.3) is 0 Å². The number of benzene rings is 1. The van der Waals surface area contributed by atoms with Gasteiger partial charge in [0.2, 0.25) is 0 Å². The predicted molar refractivity (Wildman–Crippen MR) is 65.7 cm³/mol. The van der Waals surface area contributed by atoms with E-state index in [9.17, 15) is 0 Å². The molecule has 0 fully saturated rings. The summed E-state index contributed by atoms with van der Waals surface area (Å²) < 4.78 is 5.51. The summed E-state index contributed by atoms with van der Waals surface area (Å²) in [6.45, 7) is 6.76. The van der Waals surface area contributed by atoms with Crippen molar-refractivity contribution in [2.75, 3.05) is 13.2 Å². The van der Waals surface area contributed by atoms with Gasteiger partial charge >= 0.3 is 0 Å². The van der Waals surface area contributed by atoms with Crippen LogP contribution >= 0.6 is 0 Å². The Morgan fingerprint density at radius 2 is 2.06 bits per heavy atom. The molecule has 0 heterocycles. The third-order valence-electron chi connectivity index (χ3n) is 2.40. The highest BCUT2D eigenvalue weighted by Gasteiger charge is 2.14. The van der Waals surface area contributed by atoms with Crippen molar-refractivity contribution in [3.05, 3.63) is 29.8 Å². The lowest BCUT2D eigenvalue weighted by molar-refractivity contribution is 0.206. The van der Waals surface area contributed by atoms with Crippen LogP contribution in [-0.4, -0.2) is 24.4 Å². The van der Waals surface area contributed by atoms with Gasteiger partial charge in [-0.25, -0.2) is 0 Å². The Balaban J connectivity index is 2.68. The number of rotatable bonds is 4. The van der Waals surface area contributed by atoms with Gasteiger partial charge in [-0.1, -0.05) is 32.9 Å². The monoisotopic (exact) mass is 223 g/mol. The van der Waals surface area contributed by atoms with Crippen molar-refractivity contribution in [2.24, 2.45) is 5.73 Å². The molecule has 0 aliphatic carbocycles. The van der Waals surface area contributed by atoms with E-state index in [2.05, 4.69) is 26.8 Å². The van der Waals surface area contributed by atoms with Crippen LogP contribution in [-0.2, 0) is 5.41 Å². The summed E-state index contributed by atoms with van der Waals surface area (Å²) in [5.74, 6) is 0.802. The standard InChI is InChI=1S/C13H21NO2/c1-13(2,3)10-5-4-6-12(7-10)16-9-11(14)8-15/h4-7,11,15H,8-9,14H2,1-3H3. The molecule has 1 aromatic rings. The average Bonchev–Trinajstić information content (AvgIpc) is 2.25. The molecule has 0 radical (unpaired) electrons. The molecule has 3 N–H and O–H groups in total. The Morgan fingerprint density at radius 1 is 1.38 bits per heavy atom. The molecule has 0 aromatic heterocycles. The van der Waals surface area contributed by atoms with E-state index >= 15 is 0 Å². The molecule has 0 aliphatic heterocycles. The summed E-state index contributed by atoms with van der Waals surface area (Å²) in [5, 5.41) is 8.79. The molecule has 1 unspecified atom stereocenters. The van der Waals surface area contributed by atoms with E-state index in [1.807, 2.05) is 18.2 Å². The Hall–Kier alpha value is -1.06. The summed E-state index contributed by atoms with van der Waals surface area (Å²) in [5.41, 5.74) is 6.90. The van der Waals surface area contributed by atoms with Crippen LogP contribution in [0.2, 0.25) is 0 Å². The van der Waals surface area contributed by atoms with Crippen LogP contribution in [0.4, 0.5) is 0 Å². The summed E-state index contributed by atoms with van der Waals surface area (Å²) in [7, 11) is 0. The molecular formula is C13H21NO2. The second-order valence-corrected chi connectivity index (χ2v) is 5.03. The van der Waals surface area contributed by atoms with Gasteiger partial charge in [0.1, 0.15) is 12.4 Å². The maximum Gasteiger partial charge on any atom is 0.119 e. The predicted octanol–water partition coefficient (Wildman–Crippen LogP) is 1.68. The lowest BCUT2D eigenvalue weighted by Gasteiger charge is -2.20. The van der Waals surface area contributed by atoms with Crippen LogP contribution in [0, 0.1) is 0 Å². The fraction of sp³-hybridized carbons (Fsp3) is 0.538. The fourth-order valence-electron chi connectivity index (χ4n) is 1.31. The Morgan fingerprint density at radius 3 is 2.62 bits per heavy atom. The van der Waals surface area contributed by atoms with E-state index in [0.29, 0.717) is 6.61 Å². The van der Waals surface area contributed by atoms with Crippen LogP contribution in [0.25, 0.3) is 0 Å². The fourth-order valence-corrected chi connectivity index (χ4v) is 1.31. The van der Waals surface area contributed by atoms with Crippen LogP contribution in [0.3, 0.4) is 0 Å². The summed E-state index contributed by atoms with van der Waals surface area (Å²) in [6.07, 6.45) is 0. The van der Waals surface area contributed by atoms with Crippen LogP contribution in [0.1, 0.15) is 26.3 Å². The molecule has 1 rings (SSSR count). The Labute approximate surface area is 97.2 Å². The molecule has 0 aliphatic rings. The zero-order valence-electron chi connectivity index (χ0n) is 10.2. The summed E-state index contributed by atoms with van der Waals surface area (Å²) >= 11 is 0. The van der Waals surface area contributed by atoms with Crippen molar-refractivity contribution in [3.63, 3.8) is 0 Å². The molecule has 0 saturated carbocycles. The average molecular weight is 223 g/mol. The van der Waals surface area contributed by atoms with Crippen molar-refractivity contribution >= 4 is 0 Å². The third-order valence-corrected chi connectivity index (χ3v) is 2.40. The first-order chi connectivity index (χ1) is 7.43. The van der Waals surface area contributed by atoms with E-state index in [1.54, 1.807) is 0 Å². The second-order valence-electron chi connectivity index (χ2n) is 5.03. The first kappa shape index (κ1) is 13.0. The van der Waals surface area contributed by atoms with Gasteiger partial charge in [-0.05, 0) is 23.1 Å². The molecule has 1 aromatic carbocycles. The number of hydrogen-bond acceptors (Lipinski definition) is 3. The first-order valence-corrected chi connectivity index (χ1v) is 5.53. The Bertz CT molecular complexity index is 331. The van der Waals surface area contributed by atoms with Gasteiger partial charge in [0, 0.05) is 0 Å². The van der Waals surface area contributed by atoms with Crippen molar-refractivity contribution in [1.29, 1.82) is 0 Å². The van der Waals surface area contributed by atoms with Crippen molar-refractivity contribution in [3.8, 4) is 5.75 Å². The van der Waals surface area contributed by atoms with Crippen molar-refractivity contribution in [2.45, 2.75) is 32.2 Å². The van der Waals surface area contributed by atoms with Gasteiger partial charge < -0.3 is 15.6 Å². The van der Waals surface area contributed by atoms with E-state index < -0.39 is 0 Å². The SMILES string of the molecule is CC(C)(C)c1cccc(OCC(N)CO)c1. The molecule has 0 amide bonds. The lowest BCUT2D eigenvalue weighted by Crippen LogP contribution is -2.31. The molecule has 1 atom stereocenters. The maximum atomic E-state index is 8.79. The summed E-state index contributed by atoms with van der Waals surface area (Å²) in [6, 6.07) is 7.65. The summed E-state index contributed by atoms with van der Waals surface area (Å²) in [4.78, 5) is 0. The van der Waals surface area contributed by atoms with E-state index in [0.717, 1.165) is 5.75 Å². The molecule has 16 heavy (non-hydrogen) atoms. The van der Waals surface area contributed by atoms with E-state index in [4.69, 9.17) is 15.6 Å². The van der Waals surface area contributed by atoms with E-state index in [-0.39, 0.29) is 18.1 Å². The number of hydrogen-bond donors (Lipinski definition) is 2. The van der Waals surface area contributed by atoms with Gasteiger partial charge in [0.15, 0.2) is 0 Å². The lowest BCUT2D eigenvalue weighted by atomic mass is 9.87. The van der Waals surface area contributed by atoms with Crippen LogP contribution < -0.4 is 10.5 Å². The molecule has 90 valence electrons. The van der Waals surface area contributed by atoms with Crippen molar-refractivity contribution < 1.29 is 9.84 Å². The van der Waals surface area contributed by atoms with Crippen LogP contribution in [0.5, 0.6) is 5.75 Å². The van der Waals surface area contributed by atoms with Crippen molar-refractivity contribution in [1.82, 2.24) is 0 Å². The first-order valence-electron chi connectivity index (χ1n) is 5.53. The largest absolute Gasteiger partial charge is 0.492 e. The maximum absolute atomic E-state index is 8.79. The quantitative estimate of drug-likeness (QED) is 0.816. The highest BCUT2D eigenvalue weighted by Crippen LogP contribution is 2.25. The highest BCUT2D eigenvalue weighted by molar-refractivity contribution is 5.32. The topological polar surface area (TPSA) is 55.5 Å². The molecule has 0 saturated heterocycles. The molecule has 0 bridgehead atoms. The third kappa shape index (κ3) is 3.83. The molecule has 3 heteroatoms. The minimum Gasteiger partial charge on any atom is -0.492 e. The highest BCUT2D eigenvalue weighted by atomic mass is 16.5. The number of aliphatic hydroxyl groups excluding tert-OH is 1. The normalized spacial score (nSPS) is 13.6. The molecule has 3 nitrogen and oxygen atoms in total. The van der Waals surface area contributed by atoms with Gasteiger partial charge in [0.05, 0.1) is 12.6 Å². The Kier molecular flexibility index (Phi) is 4.33. The van der Waals surface area contributed by atoms with Crippen LogP contribution in [0.15, 0.2) is 24.3 Å². The number of ether oxygens (including phenoxy) is 1. The number of nitrogens with two attached hydrogens (primary N) is 1. The smallest absolute Gasteiger partial charge is 0.119 e. The second kappa shape index (κ2) is 5.32. The minimum atomic E-state index is -0.321.